The predicted octanol–water partition coefficient (Wildman–Crippen LogP) is 3.16. The third-order valence-corrected chi connectivity index (χ3v) is 3.33. The molecule has 0 saturated heterocycles. The largest absolute Gasteiger partial charge is 0.495 e. The second kappa shape index (κ2) is 4.74. The van der Waals surface area contributed by atoms with Gasteiger partial charge < -0.3 is 15.0 Å². The molecule has 1 aromatic carbocycles. The molecule has 0 radical (unpaired) electrons. The average molecular weight is 266 g/mol. The van der Waals surface area contributed by atoms with Gasteiger partial charge in [0.05, 0.1) is 18.4 Å². The fourth-order valence-electron chi connectivity index (χ4n) is 2.39. The third-order valence-electron chi connectivity index (χ3n) is 3.33. The number of hydrogen-bond acceptors (Lipinski definition) is 2. The Hall–Kier alpha value is -2.75. The molecule has 4 nitrogen and oxygen atoms in total. The van der Waals surface area contributed by atoms with Crippen LogP contribution >= 0.6 is 0 Å². The van der Waals surface area contributed by atoms with Crippen molar-refractivity contribution in [2.24, 2.45) is 0 Å². The summed E-state index contributed by atoms with van der Waals surface area (Å²) in [7, 11) is 1.60. The molecule has 0 bridgehead atoms. The van der Waals surface area contributed by atoms with Crippen molar-refractivity contribution >= 4 is 29.3 Å². The van der Waals surface area contributed by atoms with E-state index in [0.29, 0.717) is 11.3 Å². The van der Waals surface area contributed by atoms with Gasteiger partial charge in [-0.05, 0) is 23.8 Å². The zero-order chi connectivity index (χ0) is 14.1. The quantitative estimate of drug-likeness (QED) is 0.838. The van der Waals surface area contributed by atoms with Crippen molar-refractivity contribution in [3.63, 3.8) is 0 Å². The molecule has 2 N–H and O–H groups in total. The Bertz CT molecular complexity index is 726. The Labute approximate surface area is 116 Å². The number of nitrogens with one attached hydrogen (secondary N) is 2. The van der Waals surface area contributed by atoms with Crippen molar-refractivity contribution < 1.29 is 9.53 Å². The Morgan fingerprint density at radius 1 is 1.30 bits per heavy atom. The second-order valence-electron chi connectivity index (χ2n) is 4.45. The number of hydrogen-bond donors (Lipinski definition) is 2. The topological polar surface area (TPSA) is 54.1 Å². The first-order valence-corrected chi connectivity index (χ1v) is 6.25. The Morgan fingerprint density at radius 3 is 2.90 bits per heavy atom. The van der Waals surface area contributed by atoms with Gasteiger partial charge in [0, 0.05) is 17.4 Å². The van der Waals surface area contributed by atoms with Crippen LogP contribution in [0.4, 0.5) is 5.69 Å². The minimum Gasteiger partial charge on any atom is -0.495 e. The maximum absolute atomic E-state index is 12.2. The maximum Gasteiger partial charge on any atom is 0.256 e. The molecular formula is C16H14N2O2. The van der Waals surface area contributed by atoms with Crippen LogP contribution in [0.1, 0.15) is 16.8 Å². The summed E-state index contributed by atoms with van der Waals surface area (Å²) < 4.78 is 5.25. The minimum absolute atomic E-state index is 0.119. The van der Waals surface area contributed by atoms with Gasteiger partial charge in [-0.15, -0.1) is 0 Å². The van der Waals surface area contributed by atoms with Crippen molar-refractivity contribution in [3.05, 3.63) is 53.9 Å². The van der Waals surface area contributed by atoms with E-state index < -0.39 is 0 Å². The number of carbonyl (C=O) groups excluding carboxylic acids is 1. The smallest absolute Gasteiger partial charge is 0.256 e. The van der Waals surface area contributed by atoms with Crippen molar-refractivity contribution in [1.29, 1.82) is 0 Å². The number of methoxy groups -OCH3 is 1. The molecule has 2 heterocycles. The zero-order valence-electron chi connectivity index (χ0n) is 11.1. The summed E-state index contributed by atoms with van der Waals surface area (Å²) in [5.41, 5.74) is 3.99. The molecule has 2 aromatic rings. The summed E-state index contributed by atoms with van der Waals surface area (Å²) in [5, 5.41) is 2.86. The molecule has 1 amide bonds. The van der Waals surface area contributed by atoms with Gasteiger partial charge in [-0.2, -0.15) is 0 Å². The standard InChI is InChI=1S/C16H14N2O2/c1-3-10-5-4-6-12-15(10)11(16(19)18-12)9-13-14(20-2)7-8-17-13/h3-9,17H,1H2,2H3,(H,18,19)/b11-9-. The van der Waals surface area contributed by atoms with E-state index in [1.807, 2.05) is 24.3 Å². The van der Waals surface area contributed by atoms with Gasteiger partial charge in [0.25, 0.3) is 5.91 Å². The summed E-state index contributed by atoms with van der Waals surface area (Å²) in [4.78, 5) is 15.2. The molecule has 0 fully saturated rings. The second-order valence-corrected chi connectivity index (χ2v) is 4.45. The number of anilines is 1. The third kappa shape index (κ3) is 1.82. The number of rotatable bonds is 3. The highest BCUT2D eigenvalue weighted by molar-refractivity contribution is 6.35. The van der Waals surface area contributed by atoms with E-state index in [0.717, 1.165) is 22.5 Å². The summed E-state index contributed by atoms with van der Waals surface area (Å²) in [5.74, 6) is 0.584. The van der Waals surface area contributed by atoms with Gasteiger partial charge in [-0.3, -0.25) is 4.79 Å². The highest BCUT2D eigenvalue weighted by Gasteiger charge is 2.26. The summed E-state index contributed by atoms with van der Waals surface area (Å²) in [6.45, 7) is 3.80. The molecule has 0 saturated carbocycles. The van der Waals surface area contributed by atoms with Gasteiger partial charge >= 0.3 is 0 Å². The summed E-state index contributed by atoms with van der Waals surface area (Å²) >= 11 is 0. The van der Waals surface area contributed by atoms with Gasteiger partial charge in [-0.1, -0.05) is 24.8 Å². The normalized spacial score (nSPS) is 15.1. The van der Waals surface area contributed by atoms with Crippen LogP contribution in [0.5, 0.6) is 5.75 Å². The number of aromatic amines is 1. The number of fused-ring (bicyclic) bond motifs is 1. The molecule has 20 heavy (non-hydrogen) atoms. The lowest BCUT2D eigenvalue weighted by Crippen LogP contribution is -2.03. The summed E-state index contributed by atoms with van der Waals surface area (Å²) in [6.07, 6.45) is 5.32. The number of aromatic nitrogens is 1. The van der Waals surface area contributed by atoms with Gasteiger partial charge in [0.2, 0.25) is 0 Å². The number of carbonyl (C=O) groups is 1. The SMILES string of the molecule is C=Cc1cccc2c1/C(=C/c1[nH]ccc1OC)C(=O)N2. The van der Waals surface area contributed by atoms with Crippen LogP contribution < -0.4 is 10.1 Å². The molecule has 1 aliphatic heterocycles. The Kier molecular flexibility index (Phi) is 2.91. The van der Waals surface area contributed by atoms with Gasteiger partial charge in [0.1, 0.15) is 5.75 Å². The van der Waals surface area contributed by atoms with E-state index in [2.05, 4.69) is 16.9 Å². The minimum atomic E-state index is -0.119. The molecule has 0 atom stereocenters. The van der Waals surface area contributed by atoms with Crippen molar-refractivity contribution in [2.75, 3.05) is 12.4 Å². The molecule has 0 spiro atoms. The van der Waals surface area contributed by atoms with Crippen molar-refractivity contribution in [1.82, 2.24) is 4.98 Å². The van der Waals surface area contributed by atoms with Gasteiger partial charge in [-0.25, -0.2) is 0 Å². The van der Waals surface area contributed by atoms with E-state index in [1.165, 1.54) is 0 Å². The van der Waals surface area contributed by atoms with Crippen LogP contribution in [0.25, 0.3) is 17.7 Å². The Morgan fingerprint density at radius 2 is 2.15 bits per heavy atom. The monoisotopic (exact) mass is 266 g/mol. The van der Waals surface area contributed by atoms with Crippen LogP contribution in [-0.2, 0) is 4.79 Å². The number of benzene rings is 1. The number of H-pyrrole nitrogens is 1. The van der Waals surface area contributed by atoms with Crippen LogP contribution in [0.2, 0.25) is 0 Å². The fourth-order valence-corrected chi connectivity index (χ4v) is 2.39. The van der Waals surface area contributed by atoms with E-state index in [1.54, 1.807) is 25.5 Å². The lowest BCUT2D eigenvalue weighted by molar-refractivity contribution is -0.110. The first-order valence-electron chi connectivity index (χ1n) is 6.25. The predicted molar refractivity (Wildman–Crippen MR) is 80.4 cm³/mol. The molecular weight excluding hydrogens is 252 g/mol. The lowest BCUT2D eigenvalue weighted by Gasteiger charge is -2.04. The molecule has 4 heteroatoms. The van der Waals surface area contributed by atoms with Crippen molar-refractivity contribution in [2.45, 2.75) is 0 Å². The number of ether oxygens (including phenoxy) is 1. The Balaban J connectivity index is 2.17. The van der Waals surface area contributed by atoms with Gasteiger partial charge in [0.15, 0.2) is 0 Å². The fraction of sp³-hybridized carbons (Fsp3) is 0.0625. The molecule has 3 rings (SSSR count). The average Bonchev–Trinajstić information content (AvgIpc) is 3.03. The van der Waals surface area contributed by atoms with Crippen molar-refractivity contribution in [3.8, 4) is 5.75 Å². The molecule has 100 valence electrons. The number of amides is 1. The van der Waals surface area contributed by atoms with Crippen LogP contribution in [-0.4, -0.2) is 18.0 Å². The van der Waals surface area contributed by atoms with E-state index in [4.69, 9.17) is 4.74 Å². The van der Waals surface area contributed by atoms with Crippen LogP contribution in [0, 0.1) is 0 Å². The molecule has 0 unspecified atom stereocenters. The maximum atomic E-state index is 12.2. The van der Waals surface area contributed by atoms with E-state index in [9.17, 15) is 4.79 Å². The van der Waals surface area contributed by atoms with E-state index in [-0.39, 0.29) is 5.91 Å². The lowest BCUT2D eigenvalue weighted by atomic mass is 9.99. The van der Waals surface area contributed by atoms with E-state index >= 15 is 0 Å². The first-order chi connectivity index (χ1) is 9.74. The molecule has 1 aliphatic rings. The zero-order valence-corrected chi connectivity index (χ0v) is 11.1. The molecule has 1 aromatic heterocycles. The highest BCUT2D eigenvalue weighted by Crippen LogP contribution is 2.37. The van der Waals surface area contributed by atoms with Crippen LogP contribution in [0.15, 0.2) is 37.0 Å². The molecule has 0 aliphatic carbocycles. The van der Waals surface area contributed by atoms with Crippen LogP contribution in [0.3, 0.4) is 0 Å². The summed E-state index contributed by atoms with van der Waals surface area (Å²) in [6, 6.07) is 7.53. The highest BCUT2D eigenvalue weighted by atomic mass is 16.5. The first kappa shape index (κ1) is 12.3.